The molecule has 0 rings (SSSR count). The molecule has 0 saturated heterocycles. The van der Waals surface area contributed by atoms with Crippen LogP contribution in [0.15, 0.2) is 158 Å². The van der Waals surface area contributed by atoms with Crippen molar-refractivity contribution in [2.45, 2.75) is 168 Å². The molecular formula is C57H84O6. The molecule has 6 nitrogen and oxygen atoms in total. The molecule has 0 aromatic heterocycles. The van der Waals surface area contributed by atoms with E-state index in [2.05, 4.69) is 69.4 Å². The Morgan fingerprint density at radius 3 is 1.13 bits per heavy atom. The van der Waals surface area contributed by atoms with Crippen LogP contribution in [-0.4, -0.2) is 37.2 Å². The van der Waals surface area contributed by atoms with Crippen molar-refractivity contribution in [2.24, 2.45) is 0 Å². The molecule has 0 aliphatic carbocycles. The van der Waals surface area contributed by atoms with Gasteiger partial charge in [0.1, 0.15) is 13.2 Å². The average Bonchev–Trinajstić information content (AvgIpc) is 3.28. The number of unbranched alkanes of at least 4 members (excludes halogenated alkanes) is 11. The van der Waals surface area contributed by atoms with E-state index in [0.717, 1.165) is 64.2 Å². The lowest BCUT2D eigenvalue weighted by Crippen LogP contribution is -2.30. The van der Waals surface area contributed by atoms with Gasteiger partial charge in [0.25, 0.3) is 0 Å². The average molecular weight is 865 g/mol. The molecule has 0 fully saturated rings. The normalized spacial score (nSPS) is 13.5. The van der Waals surface area contributed by atoms with Crippen molar-refractivity contribution in [3.05, 3.63) is 158 Å². The Bertz CT molecular complexity index is 1510. The van der Waals surface area contributed by atoms with E-state index in [1.165, 1.54) is 38.5 Å². The molecular weight excluding hydrogens is 781 g/mol. The summed E-state index contributed by atoms with van der Waals surface area (Å²) in [5.41, 5.74) is 0. The van der Waals surface area contributed by atoms with Crippen molar-refractivity contribution in [2.75, 3.05) is 13.2 Å². The van der Waals surface area contributed by atoms with Crippen molar-refractivity contribution in [1.82, 2.24) is 0 Å². The molecule has 348 valence electrons. The molecule has 0 aliphatic rings. The van der Waals surface area contributed by atoms with Crippen molar-refractivity contribution >= 4 is 17.9 Å². The molecule has 0 N–H and O–H groups in total. The van der Waals surface area contributed by atoms with Gasteiger partial charge in [0, 0.05) is 19.3 Å². The number of esters is 3. The number of rotatable bonds is 40. The molecule has 0 heterocycles. The second-order valence-electron chi connectivity index (χ2n) is 15.1. The van der Waals surface area contributed by atoms with E-state index in [-0.39, 0.29) is 38.0 Å². The molecule has 0 bridgehead atoms. The molecule has 0 radical (unpaired) electrons. The van der Waals surface area contributed by atoms with E-state index in [0.29, 0.717) is 25.7 Å². The zero-order valence-corrected chi connectivity index (χ0v) is 39.5. The molecule has 0 aromatic carbocycles. The first-order valence-electron chi connectivity index (χ1n) is 24.1. The lowest BCUT2D eigenvalue weighted by Gasteiger charge is -2.18. The highest BCUT2D eigenvalue weighted by Gasteiger charge is 2.19. The maximum atomic E-state index is 12.7. The minimum Gasteiger partial charge on any atom is -0.462 e. The van der Waals surface area contributed by atoms with Crippen LogP contribution in [0.4, 0.5) is 0 Å². The van der Waals surface area contributed by atoms with Crippen LogP contribution in [0.2, 0.25) is 0 Å². The zero-order chi connectivity index (χ0) is 45.8. The van der Waals surface area contributed by atoms with E-state index in [1.807, 2.05) is 109 Å². The maximum absolute atomic E-state index is 12.7. The van der Waals surface area contributed by atoms with Crippen molar-refractivity contribution in [1.29, 1.82) is 0 Å². The second kappa shape index (κ2) is 49.7. The molecule has 1 atom stereocenters. The number of hydrogen-bond donors (Lipinski definition) is 0. The smallest absolute Gasteiger partial charge is 0.306 e. The van der Waals surface area contributed by atoms with Gasteiger partial charge >= 0.3 is 17.9 Å². The van der Waals surface area contributed by atoms with Gasteiger partial charge in [-0.1, -0.05) is 224 Å². The van der Waals surface area contributed by atoms with E-state index >= 15 is 0 Å². The van der Waals surface area contributed by atoms with E-state index in [4.69, 9.17) is 14.2 Å². The minimum absolute atomic E-state index is 0.140. The third kappa shape index (κ3) is 47.9. The number of carbonyl (C=O) groups is 3. The monoisotopic (exact) mass is 865 g/mol. The number of allylic oxidation sites excluding steroid dienone is 26. The highest BCUT2D eigenvalue weighted by molar-refractivity contribution is 5.71. The summed E-state index contributed by atoms with van der Waals surface area (Å²) >= 11 is 0. The fourth-order valence-electron chi connectivity index (χ4n) is 5.75. The molecule has 6 heteroatoms. The predicted octanol–water partition coefficient (Wildman–Crippen LogP) is 15.9. The Morgan fingerprint density at radius 2 is 0.667 bits per heavy atom. The Hall–Kier alpha value is -4.97. The second-order valence-corrected chi connectivity index (χ2v) is 15.1. The molecule has 0 spiro atoms. The van der Waals surface area contributed by atoms with Crippen molar-refractivity contribution in [3.8, 4) is 0 Å². The first-order valence-corrected chi connectivity index (χ1v) is 24.1. The third-order valence-electron chi connectivity index (χ3n) is 9.26. The van der Waals surface area contributed by atoms with Gasteiger partial charge in [0.2, 0.25) is 0 Å². The minimum atomic E-state index is -0.853. The van der Waals surface area contributed by atoms with Gasteiger partial charge in [-0.2, -0.15) is 0 Å². The van der Waals surface area contributed by atoms with Crippen molar-refractivity contribution in [3.63, 3.8) is 0 Å². The molecule has 0 amide bonds. The first-order chi connectivity index (χ1) is 31.0. The SMILES string of the molecule is CC/C=C/C=C/C=C/C=C/C=C/CCCC(=O)OCC(COC(=O)CCCCCCCCCCC/C=C/C/C=C/C/C=C/CC)OC(=O)CCC/C=C/C=C/C=C/C=C/C=C/CC. The van der Waals surface area contributed by atoms with Gasteiger partial charge in [-0.15, -0.1) is 0 Å². The van der Waals surface area contributed by atoms with Crippen LogP contribution in [0.1, 0.15) is 162 Å². The van der Waals surface area contributed by atoms with E-state index in [9.17, 15) is 14.4 Å². The first kappa shape index (κ1) is 58.0. The summed E-state index contributed by atoms with van der Waals surface area (Å²) in [4.78, 5) is 37.8. The van der Waals surface area contributed by atoms with E-state index < -0.39 is 12.1 Å². The van der Waals surface area contributed by atoms with Gasteiger partial charge < -0.3 is 14.2 Å². The highest BCUT2D eigenvalue weighted by Crippen LogP contribution is 2.13. The van der Waals surface area contributed by atoms with Crippen LogP contribution in [0.3, 0.4) is 0 Å². The molecule has 63 heavy (non-hydrogen) atoms. The van der Waals surface area contributed by atoms with Gasteiger partial charge in [0.05, 0.1) is 0 Å². The molecule has 1 unspecified atom stereocenters. The predicted molar refractivity (Wildman–Crippen MR) is 269 cm³/mol. The quantitative estimate of drug-likeness (QED) is 0.0201. The third-order valence-corrected chi connectivity index (χ3v) is 9.26. The largest absolute Gasteiger partial charge is 0.462 e. The fraction of sp³-hybridized carbons (Fsp3) is 0.491. The van der Waals surface area contributed by atoms with Crippen LogP contribution in [0.5, 0.6) is 0 Å². The topological polar surface area (TPSA) is 78.9 Å². The summed E-state index contributed by atoms with van der Waals surface area (Å²) in [5, 5.41) is 0. The van der Waals surface area contributed by atoms with Crippen LogP contribution in [0.25, 0.3) is 0 Å². The summed E-state index contributed by atoms with van der Waals surface area (Å²) in [6.07, 6.45) is 72.4. The molecule has 0 aliphatic heterocycles. The molecule has 0 aromatic rings. The van der Waals surface area contributed by atoms with Gasteiger partial charge in [-0.3, -0.25) is 14.4 Å². The van der Waals surface area contributed by atoms with Crippen LogP contribution in [-0.2, 0) is 28.6 Å². The Labute approximate surface area is 384 Å². The Balaban J connectivity index is 4.58. The summed E-state index contributed by atoms with van der Waals surface area (Å²) in [5.74, 6) is -1.12. The highest BCUT2D eigenvalue weighted by atomic mass is 16.6. The lowest BCUT2D eigenvalue weighted by molar-refractivity contribution is -0.167. The number of hydrogen-bond acceptors (Lipinski definition) is 6. The summed E-state index contributed by atoms with van der Waals surface area (Å²) in [6.45, 7) is 6.07. The van der Waals surface area contributed by atoms with Gasteiger partial charge in [-0.25, -0.2) is 0 Å². The van der Waals surface area contributed by atoms with Crippen molar-refractivity contribution < 1.29 is 28.6 Å². The van der Waals surface area contributed by atoms with Crippen LogP contribution < -0.4 is 0 Å². The maximum Gasteiger partial charge on any atom is 0.306 e. The summed E-state index contributed by atoms with van der Waals surface area (Å²) in [6, 6.07) is 0. The van der Waals surface area contributed by atoms with Crippen LogP contribution >= 0.6 is 0 Å². The number of ether oxygens (including phenoxy) is 3. The lowest BCUT2D eigenvalue weighted by atomic mass is 10.1. The summed E-state index contributed by atoms with van der Waals surface area (Å²) < 4.78 is 16.6. The van der Waals surface area contributed by atoms with Crippen LogP contribution in [0, 0.1) is 0 Å². The fourth-order valence-corrected chi connectivity index (χ4v) is 5.75. The summed E-state index contributed by atoms with van der Waals surface area (Å²) in [7, 11) is 0. The Kier molecular flexibility index (Phi) is 45.8. The number of carbonyl (C=O) groups excluding carboxylic acids is 3. The molecule has 0 saturated carbocycles. The van der Waals surface area contributed by atoms with Gasteiger partial charge in [-0.05, 0) is 77.0 Å². The van der Waals surface area contributed by atoms with E-state index in [1.54, 1.807) is 0 Å². The zero-order valence-electron chi connectivity index (χ0n) is 39.5. The van der Waals surface area contributed by atoms with Gasteiger partial charge in [0.15, 0.2) is 6.10 Å². The Morgan fingerprint density at radius 1 is 0.333 bits per heavy atom. The standard InChI is InChI=1S/C57H84O6/c1-4-7-10-13-16-19-22-25-26-27-28-29-30-33-35-38-41-44-47-50-56(59)62-53-54(63-57(60)51-48-45-42-39-36-32-24-21-18-15-12-9-6-3)52-61-55(58)49-46-43-40-37-34-31-23-20-17-14-11-8-5-2/h7-12,14-21,23-26,31-32,34,36-37,39-40,42,54H,4-6,13,22,27-30,33,35,38,41,43-53H2,1-3H3/b10-7+,11-8+,12-9+,17-14+,18-15+,19-16+,23-20+,24-21+,26-25+,34-31+,36-32+,40-37+,42-39+.